The van der Waals surface area contributed by atoms with Gasteiger partial charge in [0.2, 0.25) is 5.91 Å². The largest absolute Gasteiger partial charge is 0.496 e. The summed E-state index contributed by atoms with van der Waals surface area (Å²) < 4.78 is 5.95. The molecule has 5 heteroatoms. The molecule has 0 spiro atoms. The molecule has 0 aliphatic rings. The summed E-state index contributed by atoms with van der Waals surface area (Å²) in [7, 11) is 1.61. The maximum Gasteiger partial charge on any atom is 0.225 e. The van der Waals surface area contributed by atoms with E-state index in [0.717, 1.165) is 15.9 Å². The molecular weight excluding hydrogens is 296 g/mol. The number of hydrogen-bond donors (Lipinski definition) is 2. The minimum absolute atomic E-state index is 0.000201. The van der Waals surface area contributed by atoms with Crippen molar-refractivity contribution in [3.05, 3.63) is 22.7 Å². The van der Waals surface area contributed by atoms with Gasteiger partial charge in [-0.2, -0.15) is 0 Å². The molecule has 0 radical (unpaired) electrons. The quantitative estimate of drug-likeness (QED) is 0.849. The summed E-state index contributed by atoms with van der Waals surface area (Å²) in [5.41, 5.74) is 0.761. The van der Waals surface area contributed by atoms with Gasteiger partial charge in [0.15, 0.2) is 0 Å². The number of carbonyl (C=O) groups excluding carboxylic acids is 1. The van der Waals surface area contributed by atoms with Crippen molar-refractivity contribution < 1.29 is 9.53 Å². The number of ether oxygens (including phenoxy) is 1. The third-order valence-corrected chi connectivity index (χ3v) is 2.96. The maximum atomic E-state index is 11.7. The molecule has 2 N–H and O–H groups in total. The van der Waals surface area contributed by atoms with Crippen LogP contribution in [0.1, 0.15) is 20.3 Å². The third-order valence-electron chi connectivity index (χ3n) is 2.34. The zero-order valence-electron chi connectivity index (χ0n) is 10.9. The standard InChI is InChI=1S/C13H19BrN2O2/c1-9(2)15-7-6-13(17)16-10-4-5-12(18-3)11(14)8-10/h4-5,8-9,15H,6-7H2,1-3H3,(H,16,17). The van der Waals surface area contributed by atoms with Crippen LogP contribution in [0.25, 0.3) is 0 Å². The third kappa shape index (κ3) is 5.06. The molecule has 1 aromatic carbocycles. The monoisotopic (exact) mass is 314 g/mol. The van der Waals surface area contributed by atoms with Crippen molar-refractivity contribution in [2.45, 2.75) is 26.3 Å². The molecule has 1 rings (SSSR count). The number of anilines is 1. The van der Waals surface area contributed by atoms with Gasteiger partial charge in [-0.25, -0.2) is 0 Å². The lowest BCUT2D eigenvalue weighted by atomic mass is 10.3. The van der Waals surface area contributed by atoms with Crippen LogP contribution >= 0.6 is 15.9 Å². The molecule has 18 heavy (non-hydrogen) atoms. The normalized spacial score (nSPS) is 10.5. The van der Waals surface area contributed by atoms with Gasteiger partial charge in [0.05, 0.1) is 11.6 Å². The number of methoxy groups -OCH3 is 1. The van der Waals surface area contributed by atoms with Gasteiger partial charge in [-0.3, -0.25) is 4.79 Å². The van der Waals surface area contributed by atoms with Crippen molar-refractivity contribution in [2.24, 2.45) is 0 Å². The summed E-state index contributed by atoms with van der Waals surface area (Å²) in [5.74, 6) is 0.745. The molecule has 4 nitrogen and oxygen atoms in total. The number of carbonyl (C=O) groups is 1. The van der Waals surface area contributed by atoms with Crippen LogP contribution in [0.5, 0.6) is 5.75 Å². The van der Waals surface area contributed by atoms with E-state index < -0.39 is 0 Å². The topological polar surface area (TPSA) is 50.4 Å². The highest BCUT2D eigenvalue weighted by atomic mass is 79.9. The SMILES string of the molecule is COc1ccc(NC(=O)CCNC(C)C)cc1Br. The second-order valence-electron chi connectivity index (χ2n) is 4.26. The van der Waals surface area contributed by atoms with Crippen LogP contribution in [0.2, 0.25) is 0 Å². The minimum Gasteiger partial charge on any atom is -0.496 e. The fourth-order valence-corrected chi connectivity index (χ4v) is 1.98. The van der Waals surface area contributed by atoms with Gasteiger partial charge in [-0.1, -0.05) is 13.8 Å². The summed E-state index contributed by atoms with van der Waals surface area (Å²) in [5, 5.41) is 6.04. The van der Waals surface area contributed by atoms with E-state index in [4.69, 9.17) is 4.74 Å². The highest BCUT2D eigenvalue weighted by Crippen LogP contribution is 2.27. The van der Waals surface area contributed by atoms with Gasteiger partial charge in [0, 0.05) is 24.7 Å². The van der Waals surface area contributed by atoms with Crippen LogP contribution in [0.3, 0.4) is 0 Å². The van der Waals surface area contributed by atoms with Crippen LogP contribution in [-0.4, -0.2) is 25.6 Å². The Balaban J connectivity index is 2.47. The zero-order chi connectivity index (χ0) is 13.5. The molecular formula is C13H19BrN2O2. The Kier molecular flexibility index (Phi) is 6.15. The molecule has 0 saturated carbocycles. The van der Waals surface area contributed by atoms with Crippen LogP contribution < -0.4 is 15.4 Å². The Bertz CT molecular complexity index is 408. The van der Waals surface area contributed by atoms with E-state index in [1.54, 1.807) is 7.11 Å². The van der Waals surface area contributed by atoms with Crippen molar-refractivity contribution in [1.82, 2.24) is 5.32 Å². The second kappa shape index (κ2) is 7.38. The molecule has 0 atom stereocenters. The van der Waals surface area contributed by atoms with Crippen LogP contribution in [-0.2, 0) is 4.79 Å². The lowest BCUT2D eigenvalue weighted by molar-refractivity contribution is -0.116. The Morgan fingerprint density at radius 3 is 2.72 bits per heavy atom. The fourth-order valence-electron chi connectivity index (χ4n) is 1.44. The first-order valence-corrected chi connectivity index (χ1v) is 6.69. The molecule has 0 aromatic heterocycles. The van der Waals surface area contributed by atoms with Crippen molar-refractivity contribution in [1.29, 1.82) is 0 Å². The lowest BCUT2D eigenvalue weighted by Gasteiger charge is -2.10. The summed E-state index contributed by atoms with van der Waals surface area (Å²) >= 11 is 3.38. The molecule has 0 saturated heterocycles. The maximum absolute atomic E-state index is 11.7. The summed E-state index contributed by atoms with van der Waals surface area (Å²) in [4.78, 5) is 11.7. The average Bonchev–Trinajstić information content (AvgIpc) is 2.28. The highest BCUT2D eigenvalue weighted by molar-refractivity contribution is 9.10. The van der Waals surface area contributed by atoms with Crippen LogP contribution in [0, 0.1) is 0 Å². The van der Waals surface area contributed by atoms with Gasteiger partial charge in [-0.15, -0.1) is 0 Å². The van der Waals surface area contributed by atoms with Gasteiger partial charge < -0.3 is 15.4 Å². The van der Waals surface area contributed by atoms with Gasteiger partial charge in [0.1, 0.15) is 5.75 Å². The van der Waals surface area contributed by atoms with Crippen LogP contribution in [0.15, 0.2) is 22.7 Å². The van der Waals surface area contributed by atoms with Crippen molar-refractivity contribution in [3.8, 4) is 5.75 Å². The Morgan fingerprint density at radius 1 is 1.44 bits per heavy atom. The van der Waals surface area contributed by atoms with E-state index in [1.165, 1.54) is 0 Å². The Morgan fingerprint density at radius 2 is 2.17 bits per heavy atom. The fraction of sp³-hybridized carbons (Fsp3) is 0.462. The number of benzene rings is 1. The minimum atomic E-state index is 0.000201. The Labute approximate surface area is 116 Å². The van der Waals surface area contributed by atoms with E-state index in [-0.39, 0.29) is 5.91 Å². The van der Waals surface area contributed by atoms with Crippen LogP contribution in [0.4, 0.5) is 5.69 Å². The van der Waals surface area contributed by atoms with Crippen molar-refractivity contribution in [2.75, 3.05) is 19.0 Å². The van der Waals surface area contributed by atoms with E-state index in [2.05, 4.69) is 40.4 Å². The highest BCUT2D eigenvalue weighted by Gasteiger charge is 2.05. The Hall–Kier alpha value is -1.07. The summed E-state index contributed by atoms with van der Waals surface area (Å²) in [6.07, 6.45) is 0.460. The molecule has 100 valence electrons. The van der Waals surface area contributed by atoms with Gasteiger partial charge in [-0.05, 0) is 34.1 Å². The van der Waals surface area contributed by atoms with E-state index in [0.29, 0.717) is 19.0 Å². The lowest BCUT2D eigenvalue weighted by Crippen LogP contribution is -2.27. The molecule has 0 aliphatic carbocycles. The average molecular weight is 315 g/mol. The molecule has 1 amide bonds. The number of nitrogens with one attached hydrogen (secondary N) is 2. The molecule has 0 unspecified atom stereocenters. The first-order chi connectivity index (χ1) is 8.52. The summed E-state index contributed by atoms with van der Waals surface area (Å²) in [6, 6.07) is 5.85. The number of rotatable bonds is 6. The molecule has 1 aromatic rings. The smallest absolute Gasteiger partial charge is 0.225 e. The van der Waals surface area contributed by atoms with Gasteiger partial charge in [0.25, 0.3) is 0 Å². The summed E-state index contributed by atoms with van der Waals surface area (Å²) in [6.45, 7) is 4.79. The number of hydrogen-bond acceptors (Lipinski definition) is 3. The predicted molar refractivity (Wildman–Crippen MR) is 77.1 cm³/mol. The van der Waals surface area contributed by atoms with Crippen molar-refractivity contribution >= 4 is 27.5 Å². The van der Waals surface area contributed by atoms with E-state index >= 15 is 0 Å². The zero-order valence-corrected chi connectivity index (χ0v) is 12.5. The first-order valence-electron chi connectivity index (χ1n) is 5.89. The molecule has 0 aliphatic heterocycles. The first kappa shape index (κ1) is 15.0. The van der Waals surface area contributed by atoms with E-state index in [9.17, 15) is 4.79 Å². The van der Waals surface area contributed by atoms with Gasteiger partial charge >= 0.3 is 0 Å². The molecule has 0 heterocycles. The second-order valence-corrected chi connectivity index (χ2v) is 5.11. The predicted octanol–water partition coefficient (Wildman–Crippen LogP) is 2.78. The van der Waals surface area contributed by atoms with E-state index in [1.807, 2.05) is 18.2 Å². The number of amides is 1. The molecule has 0 bridgehead atoms. The number of halogens is 1. The molecule has 0 fully saturated rings. The van der Waals surface area contributed by atoms with Crippen molar-refractivity contribution in [3.63, 3.8) is 0 Å².